The Morgan fingerprint density at radius 2 is 0.745 bits per heavy atom. The second-order valence-corrected chi connectivity index (χ2v) is 13.4. The predicted octanol–water partition coefficient (Wildman–Crippen LogP) is 12.1. The number of esters is 3. The summed E-state index contributed by atoms with van der Waals surface area (Å²) < 4.78 is 16.5. The van der Waals surface area contributed by atoms with E-state index in [0.717, 1.165) is 96.3 Å². The zero-order valence-electron chi connectivity index (χ0n) is 30.7. The van der Waals surface area contributed by atoms with E-state index in [1.165, 1.54) is 77.0 Å². The fourth-order valence-corrected chi connectivity index (χ4v) is 5.69. The van der Waals surface area contributed by atoms with Gasteiger partial charge >= 0.3 is 17.9 Å². The first-order chi connectivity index (χ1) is 23.0. The van der Waals surface area contributed by atoms with Gasteiger partial charge in [0.15, 0.2) is 6.10 Å². The summed E-state index contributed by atoms with van der Waals surface area (Å²) in [5.41, 5.74) is 0. The number of unbranched alkanes of at least 4 members (excludes halogenated alkanes) is 24. The summed E-state index contributed by atoms with van der Waals surface area (Å²) in [6.45, 7) is 9.59. The molecule has 0 N–H and O–H groups in total. The first-order valence-electron chi connectivity index (χ1n) is 19.8. The van der Waals surface area contributed by atoms with Crippen LogP contribution in [0.1, 0.15) is 200 Å². The molecule has 0 aromatic heterocycles. The van der Waals surface area contributed by atoms with Crippen LogP contribution in [-0.2, 0) is 28.6 Å². The molecule has 274 valence electrons. The maximum absolute atomic E-state index is 12.5. The van der Waals surface area contributed by atoms with Crippen LogP contribution in [-0.4, -0.2) is 37.2 Å². The van der Waals surface area contributed by atoms with Gasteiger partial charge in [0.2, 0.25) is 0 Å². The quantitative estimate of drug-likeness (QED) is 0.0285. The Kier molecular flexibility index (Phi) is 35.1. The molecule has 0 saturated heterocycles. The lowest BCUT2D eigenvalue weighted by Crippen LogP contribution is -2.30. The average Bonchev–Trinajstić information content (AvgIpc) is 3.06. The molecule has 0 heterocycles. The van der Waals surface area contributed by atoms with Gasteiger partial charge in [-0.2, -0.15) is 0 Å². The van der Waals surface area contributed by atoms with Gasteiger partial charge in [0.25, 0.3) is 0 Å². The minimum absolute atomic E-state index is 0.0819. The molecule has 0 bridgehead atoms. The van der Waals surface area contributed by atoms with Crippen LogP contribution in [0.5, 0.6) is 0 Å². The lowest BCUT2D eigenvalue weighted by atomic mass is 10.0. The van der Waals surface area contributed by atoms with Crippen molar-refractivity contribution in [3.63, 3.8) is 0 Å². The Morgan fingerprint density at radius 1 is 0.447 bits per heavy atom. The van der Waals surface area contributed by atoms with E-state index in [-0.39, 0.29) is 31.1 Å². The molecule has 0 saturated carbocycles. The van der Waals surface area contributed by atoms with Crippen molar-refractivity contribution < 1.29 is 28.6 Å². The highest BCUT2D eigenvalue weighted by Crippen LogP contribution is 2.15. The summed E-state index contributed by atoms with van der Waals surface area (Å²) in [4.78, 5) is 37.2. The summed E-state index contributed by atoms with van der Waals surface area (Å²) in [6, 6.07) is 0. The number of carbonyl (C=O) groups excluding carboxylic acids is 3. The van der Waals surface area contributed by atoms with E-state index in [2.05, 4.69) is 20.1 Å². The fourth-order valence-electron chi connectivity index (χ4n) is 5.69. The van der Waals surface area contributed by atoms with E-state index in [9.17, 15) is 14.4 Å². The number of allylic oxidation sites excluding steroid dienone is 2. The summed E-state index contributed by atoms with van der Waals surface area (Å²) in [5, 5.41) is 0. The zero-order chi connectivity index (χ0) is 34.5. The Morgan fingerprint density at radius 3 is 1.09 bits per heavy atom. The van der Waals surface area contributed by atoms with E-state index in [1.807, 2.05) is 12.2 Å². The van der Waals surface area contributed by atoms with Crippen molar-refractivity contribution in [2.75, 3.05) is 13.2 Å². The van der Waals surface area contributed by atoms with Crippen LogP contribution < -0.4 is 0 Å². The first-order valence-corrected chi connectivity index (χ1v) is 19.8. The third-order valence-corrected chi connectivity index (χ3v) is 8.72. The highest BCUT2D eigenvalue weighted by Gasteiger charge is 2.19. The molecule has 0 aliphatic heterocycles. The molecule has 6 heteroatoms. The molecule has 0 aliphatic rings. The number of ether oxygens (including phenoxy) is 3. The van der Waals surface area contributed by atoms with Gasteiger partial charge in [-0.25, -0.2) is 0 Å². The van der Waals surface area contributed by atoms with Crippen molar-refractivity contribution in [3.05, 3.63) is 25.3 Å². The van der Waals surface area contributed by atoms with Crippen LogP contribution >= 0.6 is 0 Å². The van der Waals surface area contributed by atoms with Gasteiger partial charge in [-0.1, -0.05) is 147 Å². The predicted molar refractivity (Wildman–Crippen MR) is 196 cm³/mol. The van der Waals surface area contributed by atoms with Gasteiger partial charge in [0.1, 0.15) is 13.2 Å². The molecule has 47 heavy (non-hydrogen) atoms. The molecule has 0 amide bonds. The molecule has 0 radical (unpaired) electrons. The van der Waals surface area contributed by atoms with Crippen LogP contribution in [0.3, 0.4) is 0 Å². The Labute approximate surface area is 290 Å². The van der Waals surface area contributed by atoms with Crippen LogP contribution in [0.15, 0.2) is 25.3 Å². The molecule has 6 nitrogen and oxygen atoms in total. The molecule has 1 atom stereocenters. The SMILES string of the molecule is C=CCCCCCCCC(=O)OCC(COC(=O)CCCCCCCCCCCCCCCCC)OC(=O)CCCCCCCC=C. The molecule has 0 aromatic rings. The van der Waals surface area contributed by atoms with E-state index >= 15 is 0 Å². The summed E-state index contributed by atoms with van der Waals surface area (Å²) in [6.07, 6.45) is 35.5. The molecule has 1 unspecified atom stereocenters. The molecule has 0 aliphatic carbocycles. The zero-order valence-corrected chi connectivity index (χ0v) is 30.7. The van der Waals surface area contributed by atoms with Crippen molar-refractivity contribution in [2.45, 2.75) is 206 Å². The van der Waals surface area contributed by atoms with Crippen molar-refractivity contribution in [3.8, 4) is 0 Å². The molecule has 0 rings (SSSR count). The Balaban J connectivity index is 4.20. The van der Waals surface area contributed by atoms with E-state index in [1.54, 1.807) is 0 Å². The van der Waals surface area contributed by atoms with Crippen LogP contribution in [0.2, 0.25) is 0 Å². The normalized spacial score (nSPS) is 11.6. The summed E-state index contributed by atoms with van der Waals surface area (Å²) in [5.74, 6) is -0.932. The molecular weight excluding hydrogens is 588 g/mol. The number of rotatable bonds is 37. The third-order valence-electron chi connectivity index (χ3n) is 8.72. The Hall–Kier alpha value is -2.11. The fraction of sp³-hybridized carbons (Fsp3) is 0.829. The maximum Gasteiger partial charge on any atom is 0.306 e. The number of hydrogen-bond donors (Lipinski definition) is 0. The number of hydrogen-bond acceptors (Lipinski definition) is 6. The lowest BCUT2D eigenvalue weighted by molar-refractivity contribution is -0.167. The highest BCUT2D eigenvalue weighted by molar-refractivity contribution is 5.71. The van der Waals surface area contributed by atoms with Crippen molar-refractivity contribution in [2.24, 2.45) is 0 Å². The second-order valence-electron chi connectivity index (χ2n) is 13.4. The molecule has 0 spiro atoms. The Bertz CT molecular complexity index is 748. The monoisotopic (exact) mass is 663 g/mol. The van der Waals surface area contributed by atoms with Crippen LogP contribution in [0, 0.1) is 0 Å². The first kappa shape index (κ1) is 44.9. The molecular formula is C41H74O6. The molecule has 0 fully saturated rings. The lowest BCUT2D eigenvalue weighted by Gasteiger charge is -2.18. The van der Waals surface area contributed by atoms with Crippen molar-refractivity contribution in [1.82, 2.24) is 0 Å². The van der Waals surface area contributed by atoms with E-state index in [0.29, 0.717) is 19.3 Å². The van der Waals surface area contributed by atoms with Gasteiger partial charge in [0.05, 0.1) is 0 Å². The standard InChI is InChI=1S/C41H74O6/c1-4-7-10-13-16-17-18-19-20-21-22-23-26-28-31-34-40(43)46-37-38(47-41(44)35-32-29-25-15-12-9-6-3)36-45-39(42)33-30-27-24-14-11-8-5-2/h5-6,38H,2-4,7-37H2,1H3. The second kappa shape index (κ2) is 36.7. The number of carbonyl (C=O) groups is 3. The average molecular weight is 663 g/mol. The topological polar surface area (TPSA) is 78.9 Å². The highest BCUT2D eigenvalue weighted by atomic mass is 16.6. The third kappa shape index (κ3) is 35.0. The smallest absolute Gasteiger partial charge is 0.306 e. The van der Waals surface area contributed by atoms with Gasteiger partial charge in [0, 0.05) is 19.3 Å². The summed E-state index contributed by atoms with van der Waals surface area (Å²) in [7, 11) is 0. The molecule has 0 aromatic carbocycles. The van der Waals surface area contributed by atoms with Crippen LogP contribution in [0.25, 0.3) is 0 Å². The van der Waals surface area contributed by atoms with E-state index in [4.69, 9.17) is 14.2 Å². The van der Waals surface area contributed by atoms with Gasteiger partial charge in [-0.3, -0.25) is 14.4 Å². The van der Waals surface area contributed by atoms with E-state index < -0.39 is 6.10 Å². The van der Waals surface area contributed by atoms with Crippen molar-refractivity contribution >= 4 is 17.9 Å². The van der Waals surface area contributed by atoms with Crippen molar-refractivity contribution in [1.29, 1.82) is 0 Å². The van der Waals surface area contributed by atoms with Crippen LogP contribution in [0.4, 0.5) is 0 Å². The minimum atomic E-state index is -0.775. The minimum Gasteiger partial charge on any atom is -0.462 e. The van der Waals surface area contributed by atoms with Gasteiger partial charge < -0.3 is 14.2 Å². The largest absolute Gasteiger partial charge is 0.462 e. The maximum atomic E-state index is 12.5. The summed E-state index contributed by atoms with van der Waals surface area (Å²) >= 11 is 0. The van der Waals surface area contributed by atoms with Gasteiger partial charge in [-0.05, 0) is 44.9 Å². The van der Waals surface area contributed by atoms with Gasteiger partial charge in [-0.15, -0.1) is 13.2 Å².